The normalized spacial score (nSPS) is 16.8. The molecule has 5 nitrogen and oxygen atoms in total. The molecule has 0 aromatic heterocycles. The Kier molecular flexibility index (Phi) is 8.08. The van der Waals surface area contributed by atoms with Crippen molar-refractivity contribution >= 4 is 5.97 Å². The van der Waals surface area contributed by atoms with Crippen molar-refractivity contribution in [2.75, 3.05) is 13.2 Å². The van der Waals surface area contributed by atoms with Crippen molar-refractivity contribution in [3.05, 3.63) is 65.7 Å². The third-order valence-electron chi connectivity index (χ3n) is 5.47. The van der Waals surface area contributed by atoms with E-state index >= 15 is 0 Å². The molecule has 0 unspecified atom stereocenters. The molecule has 0 saturated heterocycles. The first kappa shape index (κ1) is 21.3. The van der Waals surface area contributed by atoms with Gasteiger partial charge in [-0.3, -0.25) is 0 Å². The molecule has 156 valence electrons. The first-order chi connectivity index (χ1) is 14.2. The molecule has 1 saturated carbocycles. The highest BCUT2D eigenvalue weighted by Gasteiger charge is 2.24. The molecule has 2 atom stereocenters. The summed E-state index contributed by atoms with van der Waals surface area (Å²) in [6, 6.07) is 16.4. The number of hydrogen-bond acceptors (Lipinski definition) is 5. The van der Waals surface area contributed by atoms with Crippen LogP contribution in [0.1, 0.15) is 61.9 Å². The highest BCUT2D eigenvalue weighted by Crippen LogP contribution is 2.29. The number of esters is 1. The van der Waals surface area contributed by atoms with E-state index in [0.717, 1.165) is 17.9 Å². The second-order valence-electron chi connectivity index (χ2n) is 7.70. The zero-order chi connectivity index (χ0) is 20.5. The van der Waals surface area contributed by atoms with Crippen molar-refractivity contribution in [2.24, 2.45) is 11.7 Å². The summed E-state index contributed by atoms with van der Waals surface area (Å²) in [7, 11) is 0. The summed E-state index contributed by atoms with van der Waals surface area (Å²) >= 11 is 0. The molecule has 2 aromatic rings. The van der Waals surface area contributed by atoms with E-state index in [0.29, 0.717) is 24.4 Å². The summed E-state index contributed by atoms with van der Waals surface area (Å²) in [4.78, 5) is 12.5. The highest BCUT2D eigenvalue weighted by atomic mass is 16.6. The summed E-state index contributed by atoms with van der Waals surface area (Å²) < 4.78 is 11.6. The Hall–Kier alpha value is -2.37. The minimum absolute atomic E-state index is 0.368. The average molecular weight is 398 g/mol. The molecule has 1 aliphatic carbocycles. The van der Waals surface area contributed by atoms with E-state index in [2.05, 4.69) is 0 Å². The summed E-state index contributed by atoms with van der Waals surface area (Å²) in [6.07, 6.45) is 4.98. The van der Waals surface area contributed by atoms with Crippen LogP contribution >= 0.6 is 0 Å². The summed E-state index contributed by atoms with van der Waals surface area (Å²) in [6.45, 7) is 1.09. The van der Waals surface area contributed by atoms with Gasteiger partial charge in [0.1, 0.15) is 11.9 Å². The van der Waals surface area contributed by atoms with Gasteiger partial charge in [0.25, 0.3) is 0 Å². The molecule has 0 radical (unpaired) electrons. The molecule has 29 heavy (non-hydrogen) atoms. The highest BCUT2D eigenvalue weighted by molar-refractivity contribution is 5.76. The molecule has 0 spiro atoms. The molecule has 3 rings (SSSR count). The fourth-order valence-electron chi connectivity index (χ4n) is 3.79. The van der Waals surface area contributed by atoms with E-state index in [1.807, 2.05) is 30.3 Å². The lowest BCUT2D eigenvalue weighted by molar-refractivity contribution is -0.160. The minimum Gasteiger partial charge on any atom is -0.493 e. The Balaban J connectivity index is 1.64. The van der Waals surface area contributed by atoms with Crippen LogP contribution in [0.4, 0.5) is 0 Å². The van der Waals surface area contributed by atoms with Gasteiger partial charge in [-0.2, -0.15) is 0 Å². The SMILES string of the molecule is NCC[C@@H](OC(=O)[C@H](O)c1ccccc1)c1cccc(OCC2CCCCC2)c1. The van der Waals surface area contributed by atoms with Gasteiger partial charge in [-0.25, -0.2) is 4.79 Å². The molecular weight excluding hydrogens is 366 g/mol. The Labute approximate surface area is 172 Å². The van der Waals surface area contributed by atoms with Gasteiger partial charge in [-0.1, -0.05) is 61.7 Å². The molecule has 0 aliphatic heterocycles. The number of aliphatic hydroxyl groups excluding tert-OH is 1. The van der Waals surface area contributed by atoms with Gasteiger partial charge in [-0.15, -0.1) is 0 Å². The third kappa shape index (κ3) is 6.31. The molecule has 0 amide bonds. The fourth-order valence-corrected chi connectivity index (χ4v) is 3.79. The van der Waals surface area contributed by atoms with Gasteiger partial charge in [0.15, 0.2) is 6.10 Å². The zero-order valence-electron chi connectivity index (χ0n) is 16.8. The summed E-state index contributed by atoms with van der Waals surface area (Å²) in [5.41, 5.74) is 7.07. The van der Waals surface area contributed by atoms with E-state index in [-0.39, 0.29) is 0 Å². The molecule has 3 N–H and O–H groups in total. The van der Waals surface area contributed by atoms with Crippen LogP contribution < -0.4 is 10.5 Å². The molecule has 2 aromatic carbocycles. The van der Waals surface area contributed by atoms with E-state index < -0.39 is 18.2 Å². The van der Waals surface area contributed by atoms with Crippen LogP contribution in [-0.2, 0) is 9.53 Å². The van der Waals surface area contributed by atoms with Gasteiger partial charge >= 0.3 is 5.97 Å². The third-order valence-corrected chi connectivity index (χ3v) is 5.47. The van der Waals surface area contributed by atoms with Crippen molar-refractivity contribution in [1.29, 1.82) is 0 Å². The van der Waals surface area contributed by atoms with Crippen molar-refractivity contribution in [3.8, 4) is 5.75 Å². The van der Waals surface area contributed by atoms with Crippen LogP contribution in [0, 0.1) is 5.92 Å². The molecule has 1 aliphatic rings. The second kappa shape index (κ2) is 11.0. The van der Waals surface area contributed by atoms with Gasteiger partial charge in [0.05, 0.1) is 6.61 Å². The predicted molar refractivity (Wildman–Crippen MR) is 112 cm³/mol. The Morgan fingerprint density at radius 3 is 2.48 bits per heavy atom. The van der Waals surface area contributed by atoms with Crippen LogP contribution in [0.25, 0.3) is 0 Å². The summed E-state index contributed by atoms with van der Waals surface area (Å²) in [5.74, 6) is 0.712. The number of carbonyl (C=O) groups excluding carboxylic acids is 1. The largest absolute Gasteiger partial charge is 0.493 e. The zero-order valence-corrected chi connectivity index (χ0v) is 16.8. The lowest BCUT2D eigenvalue weighted by Gasteiger charge is -2.23. The van der Waals surface area contributed by atoms with Gasteiger partial charge in [0.2, 0.25) is 0 Å². The van der Waals surface area contributed by atoms with Crippen molar-refractivity contribution in [1.82, 2.24) is 0 Å². The Bertz CT molecular complexity index is 758. The van der Waals surface area contributed by atoms with Gasteiger partial charge in [0, 0.05) is 6.42 Å². The first-order valence-corrected chi connectivity index (χ1v) is 10.5. The van der Waals surface area contributed by atoms with E-state index in [1.54, 1.807) is 24.3 Å². The standard InChI is InChI=1S/C24H31NO4/c25-15-14-22(29-24(27)23(26)19-10-5-2-6-11-19)20-12-7-13-21(16-20)28-17-18-8-3-1-4-9-18/h2,5-7,10-13,16,18,22-23,26H,1,3-4,8-9,14-15,17,25H2/t22-,23-/m1/s1. The van der Waals surface area contributed by atoms with E-state index in [9.17, 15) is 9.90 Å². The van der Waals surface area contributed by atoms with Gasteiger partial charge < -0.3 is 20.3 Å². The molecule has 0 heterocycles. The lowest BCUT2D eigenvalue weighted by atomic mass is 9.90. The number of carbonyl (C=O) groups is 1. The van der Waals surface area contributed by atoms with E-state index in [1.165, 1.54) is 32.1 Å². The lowest BCUT2D eigenvalue weighted by Crippen LogP contribution is -2.20. The topological polar surface area (TPSA) is 81.8 Å². The summed E-state index contributed by atoms with van der Waals surface area (Å²) in [5, 5.41) is 10.3. The number of benzene rings is 2. The number of rotatable bonds is 9. The molecular formula is C24H31NO4. The maximum atomic E-state index is 12.5. The number of aliphatic hydroxyl groups is 1. The van der Waals surface area contributed by atoms with Crippen LogP contribution in [-0.4, -0.2) is 24.2 Å². The van der Waals surface area contributed by atoms with Crippen molar-refractivity contribution < 1.29 is 19.4 Å². The van der Waals surface area contributed by atoms with Crippen LogP contribution in [0.3, 0.4) is 0 Å². The molecule has 0 bridgehead atoms. The maximum Gasteiger partial charge on any atom is 0.340 e. The number of ether oxygens (including phenoxy) is 2. The predicted octanol–water partition coefficient (Wildman–Crippen LogP) is 4.31. The fraction of sp³-hybridized carbons (Fsp3) is 0.458. The Morgan fingerprint density at radius 1 is 1.03 bits per heavy atom. The maximum absolute atomic E-state index is 12.5. The second-order valence-corrected chi connectivity index (χ2v) is 7.70. The first-order valence-electron chi connectivity index (χ1n) is 10.5. The van der Waals surface area contributed by atoms with Crippen LogP contribution in [0.5, 0.6) is 5.75 Å². The average Bonchev–Trinajstić information content (AvgIpc) is 2.78. The van der Waals surface area contributed by atoms with Crippen molar-refractivity contribution in [3.63, 3.8) is 0 Å². The Morgan fingerprint density at radius 2 is 1.76 bits per heavy atom. The minimum atomic E-state index is -1.32. The number of nitrogens with two attached hydrogens (primary N) is 1. The quantitative estimate of drug-likeness (QED) is 0.616. The molecule has 1 fully saturated rings. The van der Waals surface area contributed by atoms with Gasteiger partial charge in [-0.05, 0) is 48.6 Å². The molecule has 5 heteroatoms. The van der Waals surface area contributed by atoms with E-state index in [4.69, 9.17) is 15.2 Å². The van der Waals surface area contributed by atoms with Crippen LogP contribution in [0.2, 0.25) is 0 Å². The monoisotopic (exact) mass is 397 g/mol. The smallest absolute Gasteiger partial charge is 0.340 e. The van der Waals surface area contributed by atoms with Crippen LogP contribution in [0.15, 0.2) is 54.6 Å². The number of hydrogen-bond donors (Lipinski definition) is 2. The van der Waals surface area contributed by atoms with Crippen molar-refractivity contribution in [2.45, 2.75) is 50.7 Å².